The summed E-state index contributed by atoms with van der Waals surface area (Å²) >= 11 is 0. The van der Waals surface area contributed by atoms with Gasteiger partial charge in [0.15, 0.2) is 5.96 Å². The number of hydrogen-bond acceptors (Lipinski definition) is 3. The van der Waals surface area contributed by atoms with Gasteiger partial charge in [-0.1, -0.05) is 24.3 Å². The Morgan fingerprint density at radius 1 is 1.10 bits per heavy atom. The first kappa shape index (κ1) is 23.7. The molecule has 0 radical (unpaired) electrons. The van der Waals surface area contributed by atoms with E-state index in [4.69, 9.17) is 0 Å². The molecule has 0 aliphatic heterocycles. The van der Waals surface area contributed by atoms with Crippen molar-refractivity contribution in [1.29, 1.82) is 0 Å². The van der Waals surface area contributed by atoms with Crippen LogP contribution in [0.15, 0.2) is 53.5 Å². The lowest BCUT2D eigenvalue weighted by molar-refractivity contribution is 0.0827. The molecule has 3 aromatic rings. The minimum atomic E-state index is 0. The second-order valence-corrected chi connectivity index (χ2v) is 7.05. The normalized spacial score (nSPS) is 11.1. The van der Waals surface area contributed by atoms with Crippen LogP contribution in [0, 0.1) is 6.92 Å². The van der Waals surface area contributed by atoms with Crippen molar-refractivity contribution >= 4 is 46.9 Å². The van der Waals surface area contributed by atoms with Gasteiger partial charge < -0.3 is 20.1 Å². The number of hydrogen-bond donors (Lipinski definition) is 2. The molecule has 0 unspecified atom stereocenters. The molecule has 160 valence electrons. The molecule has 0 atom stereocenters. The second-order valence-electron chi connectivity index (χ2n) is 7.05. The van der Waals surface area contributed by atoms with Gasteiger partial charge in [0.25, 0.3) is 5.91 Å². The number of guanidine groups is 1. The summed E-state index contributed by atoms with van der Waals surface area (Å²) in [7, 11) is 5.26. The van der Waals surface area contributed by atoms with Gasteiger partial charge >= 0.3 is 0 Å². The zero-order chi connectivity index (χ0) is 20.8. The van der Waals surface area contributed by atoms with Gasteiger partial charge in [-0.05, 0) is 36.8 Å². The van der Waals surface area contributed by atoms with E-state index in [1.54, 1.807) is 26.0 Å². The van der Waals surface area contributed by atoms with E-state index in [2.05, 4.69) is 31.2 Å². The molecule has 0 bridgehead atoms. The monoisotopic (exact) mass is 520 g/mol. The number of aryl methyl sites for hydroxylation is 1. The third-order valence-corrected chi connectivity index (χ3v) is 4.76. The summed E-state index contributed by atoms with van der Waals surface area (Å²) in [6, 6.07) is 15.8. The molecular formula is C22H29IN6O. The molecular weight excluding hydrogens is 491 g/mol. The summed E-state index contributed by atoms with van der Waals surface area (Å²) in [6.45, 7) is 4.19. The van der Waals surface area contributed by atoms with Crippen LogP contribution < -0.4 is 10.6 Å². The van der Waals surface area contributed by atoms with Crippen LogP contribution in [0.4, 0.5) is 0 Å². The third kappa shape index (κ3) is 5.71. The van der Waals surface area contributed by atoms with E-state index < -0.39 is 0 Å². The number of nitrogens with zero attached hydrogens (tertiary/aromatic N) is 4. The zero-order valence-electron chi connectivity index (χ0n) is 17.8. The maximum atomic E-state index is 12.0. The van der Waals surface area contributed by atoms with Crippen LogP contribution in [-0.2, 0) is 13.1 Å². The predicted molar refractivity (Wildman–Crippen MR) is 133 cm³/mol. The van der Waals surface area contributed by atoms with Gasteiger partial charge in [-0.15, -0.1) is 24.0 Å². The average molecular weight is 520 g/mol. The SMILES string of the molecule is CN=C(NCCn1c(C)nc2ccccc21)NCc1ccc(C(=O)N(C)C)cc1.I. The van der Waals surface area contributed by atoms with Gasteiger partial charge in [-0.2, -0.15) is 0 Å². The molecule has 30 heavy (non-hydrogen) atoms. The quantitative estimate of drug-likeness (QED) is 0.298. The number of halogens is 1. The van der Waals surface area contributed by atoms with E-state index in [0.29, 0.717) is 12.1 Å². The van der Waals surface area contributed by atoms with Crippen molar-refractivity contribution in [3.05, 3.63) is 65.5 Å². The summed E-state index contributed by atoms with van der Waals surface area (Å²) in [5.74, 6) is 1.74. The predicted octanol–water partition coefficient (Wildman–Crippen LogP) is 3.03. The molecule has 2 N–H and O–H groups in total. The minimum Gasteiger partial charge on any atom is -0.355 e. The van der Waals surface area contributed by atoms with Crippen molar-refractivity contribution in [1.82, 2.24) is 25.1 Å². The maximum Gasteiger partial charge on any atom is 0.253 e. The second kappa shape index (κ2) is 11.0. The van der Waals surface area contributed by atoms with Crippen molar-refractivity contribution in [2.24, 2.45) is 4.99 Å². The fraction of sp³-hybridized carbons (Fsp3) is 0.318. The summed E-state index contributed by atoms with van der Waals surface area (Å²) in [5, 5.41) is 6.65. The number of rotatable bonds is 6. The highest BCUT2D eigenvalue weighted by atomic mass is 127. The number of amides is 1. The van der Waals surface area contributed by atoms with Crippen LogP contribution in [0.2, 0.25) is 0 Å². The van der Waals surface area contributed by atoms with Gasteiger partial charge in [0.2, 0.25) is 0 Å². The Hall–Kier alpha value is -2.62. The molecule has 0 spiro atoms. The van der Waals surface area contributed by atoms with E-state index >= 15 is 0 Å². The Morgan fingerprint density at radius 3 is 2.47 bits per heavy atom. The van der Waals surface area contributed by atoms with Gasteiger partial charge in [-0.25, -0.2) is 4.98 Å². The summed E-state index contributed by atoms with van der Waals surface area (Å²) < 4.78 is 2.20. The van der Waals surface area contributed by atoms with Crippen LogP contribution in [-0.4, -0.2) is 54.0 Å². The largest absolute Gasteiger partial charge is 0.355 e. The van der Waals surface area contributed by atoms with Gasteiger partial charge in [0, 0.05) is 46.3 Å². The van der Waals surface area contributed by atoms with Crippen LogP contribution in [0.3, 0.4) is 0 Å². The Morgan fingerprint density at radius 2 is 1.80 bits per heavy atom. The number of imidazole rings is 1. The molecule has 2 aromatic carbocycles. The highest BCUT2D eigenvalue weighted by molar-refractivity contribution is 14.0. The molecule has 0 saturated heterocycles. The van der Waals surface area contributed by atoms with Gasteiger partial charge in [-0.3, -0.25) is 9.79 Å². The fourth-order valence-electron chi connectivity index (χ4n) is 3.19. The van der Waals surface area contributed by atoms with Crippen LogP contribution in [0.1, 0.15) is 21.7 Å². The first-order chi connectivity index (χ1) is 14.0. The molecule has 8 heteroatoms. The Balaban J connectivity index is 0.00000320. The van der Waals surface area contributed by atoms with Crippen molar-refractivity contribution < 1.29 is 4.79 Å². The standard InChI is InChI=1S/C22H28N6O.HI/c1-16-26-19-7-5-6-8-20(19)28(16)14-13-24-22(23-2)25-15-17-9-11-18(12-10-17)21(29)27(3)4;/h5-12H,13-15H2,1-4H3,(H2,23,24,25);1H. The van der Waals surface area contributed by atoms with E-state index in [0.717, 1.165) is 41.5 Å². The van der Waals surface area contributed by atoms with E-state index in [1.807, 2.05) is 49.4 Å². The molecule has 3 rings (SSSR count). The topological polar surface area (TPSA) is 74.5 Å². The lowest BCUT2D eigenvalue weighted by atomic mass is 10.1. The molecule has 1 aromatic heterocycles. The maximum absolute atomic E-state index is 12.0. The number of carbonyl (C=O) groups is 1. The number of carbonyl (C=O) groups excluding carboxylic acids is 1. The van der Waals surface area contributed by atoms with Crippen LogP contribution in [0.5, 0.6) is 0 Å². The molecule has 0 aliphatic carbocycles. The lowest BCUT2D eigenvalue weighted by Gasteiger charge is -2.14. The summed E-state index contributed by atoms with van der Waals surface area (Å²) in [4.78, 5) is 22.4. The number of para-hydroxylation sites is 2. The Labute approximate surface area is 194 Å². The number of aliphatic imine (C=N–C) groups is 1. The van der Waals surface area contributed by atoms with Crippen molar-refractivity contribution in [3.8, 4) is 0 Å². The van der Waals surface area contributed by atoms with Crippen molar-refractivity contribution in [2.45, 2.75) is 20.0 Å². The number of nitrogens with one attached hydrogen (secondary N) is 2. The first-order valence-corrected chi connectivity index (χ1v) is 9.66. The number of fused-ring (bicyclic) bond motifs is 1. The smallest absolute Gasteiger partial charge is 0.253 e. The highest BCUT2D eigenvalue weighted by Crippen LogP contribution is 2.14. The lowest BCUT2D eigenvalue weighted by Crippen LogP contribution is -2.38. The van der Waals surface area contributed by atoms with Gasteiger partial charge in [0.1, 0.15) is 5.82 Å². The number of aromatic nitrogens is 2. The summed E-state index contributed by atoms with van der Waals surface area (Å²) in [6.07, 6.45) is 0. The Kier molecular flexibility index (Phi) is 8.64. The van der Waals surface area contributed by atoms with Crippen molar-refractivity contribution in [3.63, 3.8) is 0 Å². The molecule has 7 nitrogen and oxygen atoms in total. The summed E-state index contributed by atoms with van der Waals surface area (Å²) in [5.41, 5.74) is 3.93. The molecule has 0 fully saturated rings. The number of benzene rings is 2. The fourth-order valence-corrected chi connectivity index (χ4v) is 3.19. The Bertz CT molecular complexity index is 1010. The molecule has 1 amide bonds. The van der Waals surface area contributed by atoms with Crippen LogP contribution in [0.25, 0.3) is 11.0 Å². The third-order valence-electron chi connectivity index (χ3n) is 4.76. The highest BCUT2D eigenvalue weighted by Gasteiger charge is 2.08. The molecule has 0 aliphatic rings. The molecule has 0 saturated carbocycles. The molecule has 1 heterocycles. The average Bonchev–Trinajstić information content (AvgIpc) is 3.05. The zero-order valence-corrected chi connectivity index (χ0v) is 20.2. The van der Waals surface area contributed by atoms with Crippen LogP contribution >= 0.6 is 24.0 Å². The van der Waals surface area contributed by atoms with Gasteiger partial charge in [0.05, 0.1) is 11.0 Å². The first-order valence-electron chi connectivity index (χ1n) is 9.66. The van der Waals surface area contributed by atoms with E-state index in [9.17, 15) is 4.79 Å². The van der Waals surface area contributed by atoms with Crippen molar-refractivity contribution in [2.75, 3.05) is 27.7 Å². The van der Waals surface area contributed by atoms with E-state index in [-0.39, 0.29) is 29.9 Å². The minimum absolute atomic E-state index is 0. The van der Waals surface area contributed by atoms with E-state index in [1.165, 1.54) is 0 Å².